The molecule has 0 aliphatic carbocycles. The molecule has 0 bridgehead atoms. The number of anilines is 1. The molecule has 120 valence electrons. The summed E-state index contributed by atoms with van der Waals surface area (Å²) in [5.41, 5.74) is 3.65. The first-order chi connectivity index (χ1) is 10.9. The maximum atomic E-state index is 12.3. The quantitative estimate of drug-likeness (QED) is 0.880. The van der Waals surface area contributed by atoms with Gasteiger partial charge in [-0.05, 0) is 44.0 Å². The van der Waals surface area contributed by atoms with E-state index in [4.69, 9.17) is 0 Å². The minimum Gasteiger partial charge on any atom is -0.326 e. The van der Waals surface area contributed by atoms with Crippen molar-refractivity contribution in [3.63, 3.8) is 0 Å². The van der Waals surface area contributed by atoms with E-state index in [0.717, 1.165) is 16.8 Å². The molecule has 1 amide bonds. The van der Waals surface area contributed by atoms with Crippen LogP contribution >= 0.6 is 11.8 Å². The van der Waals surface area contributed by atoms with Crippen molar-refractivity contribution in [3.8, 4) is 0 Å². The van der Waals surface area contributed by atoms with Crippen LogP contribution in [0.3, 0.4) is 0 Å². The van der Waals surface area contributed by atoms with Gasteiger partial charge in [0.15, 0.2) is 5.16 Å². The Kier molecular flexibility index (Phi) is 4.26. The Labute approximate surface area is 139 Å². The highest BCUT2D eigenvalue weighted by atomic mass is 32.2. The van der Waals surface area contributed by atoms with Crippen molar-refractivity contribution in [2.45, 2.75) is 38.4 Å². The monoisotopic (exact) mass is 329 g/mol. The number of hydrogen-bond acceptors (Lipinski definition) is 4. The number of amides is 1. The highest BCUT2D eigenvalue weighted by molar-refractivity contribution is 7.99. The summed E-state index contributed by atoms with van der Waals surface area (Å²) in [6, 6.07) is 7.33. The second-order valence-electron chi connectivity index (χ2n) is 5.98. The van der Waals surface area contributed by atoms with Gasteiger partial charge in [-0.2, -0.15) is 0 Å². The van der Waals surface area contributed by atoms with E-state index in [-0.39, 0.29) is 23.9 Å². The number of rotatable bonds is 3. The van der Waals surface area contributed by atoms with Crippen molar-refractivity contribution in [3.05, 3.63) is 51.4 Å². The highest BCUT2D eigenvalue weighted by Gasteiger charge is 2.27. The van der Waals surface area contributed by atoms with Gasteiger partial charge in [-0.1, -0.05) is 17.8 Å². The first-order valence-electron chi connectivity index (χ1n) is 7.53. The summed E-state index contributed by atoms with van der Waals surface area (Å²) >= 11 is 1.53. The molecule has 6 heteroatoms. The summed E-state index contributed by atoms with van der Waals surface area (Å²) in [4.78, 5) is 28.8. The fourth-order valence-electron chi connectivity index (χ4n) is 2.89. The normalized spacial score (nSPS) is 16.2. The molecule has 1 N–H and O–H groups in total. The van der Waals surface area contributed by atoms with Crippen molar-refractivity contribution in [2.75, 3.05) is 11.1 Å². The highest BCUT2D eigenvalue weighted by Crippen LogP contribution is 2.32. The zero-order valence-electron chi connectivity index (χ0n) is 13.4. The van der Waals surface area contributed by atoms with Crippen LogP contribution < -0.4 is 10.9 Å². The van der Waals surface area contributed by atoms with Crippen molar-refractivity contribution in [1.29, 1.82) is 0 Å². The minimum absolute atomic E-state index is 0.0818. The summed E-state index contributed by atoms with van der Waals surface area (Å²) in [6.07, 6.45) is 0.275. The first-order valence-corrected chi connectivity index (χ1v) is 8.52. The molecule has 0 fully saturated rings. The summed E-state index contributed by atoms with van der Waals surface area (Å²) in [5, 5.41) is 3.64. The molecule has 1 atom stereocenters. The summed E-state index contributed by atoms with van der Waals surface area (Å²) in [5.74, 6) is 0.618. The molecule has 23 heavy (non-hydrogen) atoms. The third-order valence-electron chi connectivity index (χ3n) is 3.74. The van der Waals surface area contributed by atoms with Crippen LogP contribution in [-0.2, 0) is 4.79 Å². The topological polar surface area (TPSA) is 64.0 Å². The summed E-state index contributed by atoms with van der Waals surface area (Å²) in [6.45, 7) is 5.81. The average molecular weight is 329 g/mol. The molecule has 1 unspecified atom stereocenters. The summed E-state index contributed by atoms with van der Waals surface area (Å²) in [7, 11) is 0. The number of benzene rings is 1. The molecule has 1 aliphatic heterocycles. The number of aromatic nitrogens is 2. The number of fused-ring (bicyclic) bond motifs is 1. The molecular weight excluding hydrogens is 310 g/mol. The van der Waals surface area contributed by atoms with Crippen molar-refractivity contribution < 1.29 is 4.79 Å². The van der Waals surface area contributed by atoms with E-state index in [1.165, 1.54) is 17.8 Å². The second-order valence-corrected chi connectivity index (χ2v) is 6.97. The Bertz CT molecular complexity index is 809. The van der Waals surface area contributed by atoms with Crippen LogP contribution in [0.25, 0.3) is 0 Å². The van der Waals surface area contributed by atoms with Gasteiger partial charge in [0.05, 0.1) is 6.04 Å². The van der Waals surface area contributed by atoms with Gasteiger partial charge in [0.1, 0.15) is 0 Å². The van der Waals surface area contributed by atoms with E-state index in [9.17, 15) is 9.59 Å². The van der Waals surface area contributed by atoms with E-state index < -0.39 is 0 Å². The molecule has 0 saturated heterocycles. The fraction of sp³-hybridized carbons (Fsp3) is 0.353. The van der Waals surface area contributed by atoms with E-state index in [2.05, 4.69) is 16.4 Å². The lowest BCUT2D eigenvalue weighted by Crippen LogP contribution is -2.27. The molecule has 3 rings (SSSR count). The molecular formula is C17H19N3O2S. The maximum absolute atomic E-state index is 12.3. The Morgan fingerprint density at radius 2 is 1.96 bits per heavy atom. The Balaban J connectivity index is 1.74. The lowest BCUT2D eigenvalue weighted by molar-refractivity contribution is -0.116. The summed E-state index contributed by atoms with van der Waals surface area (Å²) < 4.78 is 1.64. The third kappa shape index (κ3) is 3.47. The van der Waals surface area contributed by atoms with Crippen LogP contribution in [0, 0.1) is 20.8 Å². The Morgan fingerprint density at radius 3 is 2.65 bits per heavy atom. The van der Waals surface area contributed by atoms with E-state index in [1.807, 2.05) is 32.9 Å². The number of carbonyl (C=O) groups excluding carboxylic acids is 1. The van der Waals surface area contributed by atoms with Crippen molar-refractivity contribution in [2.24, 2.45) is 0 Å². The average Bonchev–Trinajstić information content (AvgIpc) is 2.80. The molecule has 2 heterocycles. The third-order valence-corrected chi connectivity index (χ3v) is 4.84. The Hall–Kier alpha value is -2.08. The SMILES string of the molecule is Cc1cc(C)cc(NC(=O)CC2CSc3nc(C)cc(=O)n32)c1. The van der Waals surface area contributed by atoms with Crippen LogP contribution in [0.4, 0.5) is 5.69 Å². The van der Waals surface area contributed by atoms with Gasteiger partial charge >= 0.3 is 0 Å². The van der Waals surface area contributed by atoms with Crippen LogP contribution in [0.5, 0.6) is 0 Å². The molecule has 1 aromatic heterocycles. The zero-order chi connectivity index (χ0) is 16.6. The number of thioether (sulfide) groups is 1. The molecule has 5 nitrogen and oxygen atoms in total. The van der Waals surface area contributed by atoms with Gasteiger partial charge < -0.3 is 5.32 Å². The molecule has 0 saturated carbocycles. The van der Waals surface area contributed by atoms with Crippen LogP contribution in [-0.4, -0.2) is 21.2 Å². The van der Waals surface area contributed by atoms with Crippen molar-refractivity contribution in [1.82, 2.24) is 9.55 Å². The van der Waals surface area contributed by atoms with E-state index in [0.29, 0.717) is 16.6 Å². The number of carbonyl (C=O) groups is 1. The molecule has 0 radical (unpaired) electrons. The minimum atomic E-state index is -0.137. The van der Waals surface area contributed by atoms with Gasteiger partial charge in [0.2, 0.25) is 5.91 Å². The number of hydrogen-bond donors (Lipinski definition) is 1. The standard InChI is InChI=1S/C17H19N3O2S/c1-10-4-11(2)6-13(5-10)19-15(21)8-14-9-23-17-18-12(3)7-16(22)20(14)17/h4-7,14H,8-9H2,1-3H3,(H,19,21). The van der Waals surface area contributed by atoms with Crippen LogP contribution in [0.15, 0.2) is 34.2 Å². The van der Waals surface area contributed by atoms with Gasteiger partial charge in [-0.15, -0.1) is 0 Å². The first kappa shape index (κ1) is 15.8. The van der Waals surface area contributed by atoms with Crippen LogP contribution in [0.1, 0.15) is 29.3 Å². The van der Waals surface area contributed by atoms with Crippen LogP contribution in [0.2, 0.25) is 0 Å². The van der Waals surface area contributed by atoms with Crippen molar-refractivity contribution >= 4 is 23.4 Å². The molecule has 1 aliphatic rings. The van der Waals surface area contributed by atoms with Gasteiger partial charge in [0, 0.05) is 29.6 Å². The molecule has 1 aromatic carbocycles. The van der Waals surface area contributed by atoms with E-state index >= 15 is 0 Å². The number of nitrogens with one attached hydrogen (secondary N) is 1. The second kappa shape index (κ2) is 6.20. The van der Waals surface area contributed by atoms with E-state index in [1.54, 1.807) is 4.57 Å². The molecule has 0 spiro atoms. The zero-order valence-corrected chi connectivity index (χ0v) is 14.2. The largest absolute Gasteiger partial charge is 0.326 e. The predicted octanol–water partition coefficient (Wildman–Crippen LogP) is 2.84. The van der Waals surface area contributed by atoms with Gasteiger partial charge in [-0.3, -0.25) is 14.2 Å². The Morgan fingerprint density at radius 1 is 1.26 bits per heavy atom. The smallest absolute Gasteiger partial charge is 0.254 e. The number of aryl methyl sites for hydroxylation is 3. The lowest BCUT2D eigenvalue weighted by Gasteiger charge is -2.14. The predicted molar refractivity (Wildman–Crippen MR) is 92.2 cm³/mol. The number of nitrogens with zero attached hydrogens (tertiary/aromatic N) is 2. The molecule has 2 aromatic rings. The van der Waals surface area contributed by atoms with Gasteiger partial charge in [-0.25, -0.2) is 4.98 Å². The lowest BCUT2D eigenvalue weighted by atomic mass is 10.1. The van der Waals surface area contributed by atoms with Gasteiger partial charge in [0.25, 0.3) is 5.56 Å². The fourth-order valence-corrected chi connectivity index (χ4v) is 4.08. The maximum Gasteiger partial charge on any atom is 0.254 e.